The van der Waals surface area contributed by atoms with Crippen molar-refractivity contribution in [2.75, 3.05) is 7.05 Å². The molecule has 0 aliphatic carbocycles. The summed E-state index contributed by atoms with van der Waals surface area (Å²) in [5, 5.41) is 5.61. The fourth-order valence-corrected chi connectivity index (χ4v) is 2.46. The summed E-state index contributed by atoms with van der Waals surface area (Å²) in [6.07, 6.45) is 2.65. The van der Waals surface area contributed by atoms with Gasteiger partial charge in [0.2, 0.25) is 11.8 Å². The van der Waals surface area contributed by atoms with Crippen molar-refractivity contribution < 1.29 is 9.59 Å². The lowest BCUT2D eigenvalue weighted by Crippen LogP contribution is -2.46. The van der Waals surface area contributed by atoms with Crippen molar-refractivity contribution in [2.45, 2.75) is 45.2 Å². The number of benzene rings is 1. The van der Waals surface area contributed by atoms with Crippen LogP contribution in [0.2, 0.25) is 0 Å². The number of carbonyl (C=O) groups excluding carboxylic acids is 2. The molecule has 1 heterocycles. The minimum atomic E-state index is -0.450. The van der Waals surface area contributed by atoms with Crippen molar-refractivity contribution in [1.82, 2.24) is 20.2 Å². The fourth-order valence-electron chi connectivity index (χ4n) is 2.46. The zero-order valence-electron chi connectivity index (χ0n) is 14.1. The van der Waals surface area contributed by atoms with E-state index in [4.69, 9.17) is 0 Å². The SMILES string of the molecule is CNC(=O)CCC(C)(C)NC(=O)C(C)n1cnc2ccccc21. The van der Waals surface area contributed by atoms with E-state index in [1.807, 2.05) is 49.6 Å². The number of hydrogen-bond acceptors (Lipinski definition) is 3. The number of aromatic nitrogens is 2. The monoisotopic (exact) mass is 316 g/mol. The Kier molecular flexibility index (Phi) is 5.03. The molecule has 2 N–H and O–H groups in total. The van der Waals surface area contributed by atoms with Crippen LogP contribution in [0.1, 0.15) is 39.7 Å². The summed E-state index contributed by atoms with van der Waals surface area (Å²) in [6.45, 7) is 5.69. The molecule has 124 valence electrons. The van der Waals surface area contributed by atoms with Crippen LogP contribution < -0.4 is 10.6 Å². The summed E-state index contributed by atoms with van der Waals surface area (Å²) in [6, 6.07) is 7.35. The van der Waals surface area contributed by atoms with E-state index in [9.17, 15) is 9.59 Å². The standard InChI is InChI=1S/C17H24N4O2/c1-12(21-11-19-13-7-5-6-8-14(13)21)16(23)20-17(2,3)10-9-15(22)18-4/h5-8,11-12H,9-10H2,1-4H3,(H,18,22)(H,20,23). The van der Waals surface area contributed by atoms with Gasteiger partial charge in [-0.25, -0.2) is 4.98 Å². The van der Waals surface area contributed by atoms with Gasteiger partial charge in [-0.05, 0) is 39.3 Å². The van der Waals surface area contributed by atoms with E-state index in [0.717, 1.165) is 11.0 Å². The van der Waals surface area contributed by atoms with Crippen molar-refractivity contribution in [2.24, 2.45) is 0 Å². The van der Waals surface area contributed by atoms with Crippen molar-refractivity contribution in [3.63, 3.8) is 0 Å². The maximum Gasteiger partial charge on any atom is 0.243 e. The van der Waals surface area contributed by atoms with Crippen molar-refractivity contribution in [3.8, 4) is 0 Å². The average Bonchev–Trinajstić information content (AvgIpc) is 2.95. The molecular weight excluding hydrogens is 292 g/mol. The van der Waals surface area contributed by atoms with Crippen LogP contribution in [0.4, 0.5) is 0 Å². The Morgan fingerprint density at radius 2 is 2.00 bits per heavy atom. The van der Waals surface area contributed by atoms with E-state index in [2.05, 4.69) is 15.6 Å². The second-order valence-corrected chi connectivity index (χ2v) is 6.36. The van der Waals surface area contributed by atoms with Gasteiger partial charge in [0, 0.05) is 19.0 Å². The number of nitrogens with one attached hydrogen (secondary N) is 2. The van der Waals surface area contributed by atoms with Crippen molar-refractivity contribution in [3.05, 3.63) is 30.6 Å². The maximum absolute atomic E-state index is 12.6. The van der Waals surface area contributed by atoms with Gasteiger partial charge >= 0.3 is 0 Å². The van der Waals surface area contributed by atoms with Crippen LogP contribution in [-0.2, 0) is 9.59 Å². The Labute approximate surface area is 136 Å². The molecule has 0 fully saturated rings. The van der Waals surface area contributed by atoms with Crippen LogP contribution in [0.25, 0.3) is 11.0 Å². The predicted molar refractivity (Wildman–Crippen MR) is 90.0 cm³/mol. The Morgan fingerprint density at radius 3 is 2.70 bits per heavy atom. The van der Waals surface area contributed by atoms with Gasteiger partial charge in [-0.3, -0.25) is 9.59 Å². The van der Waals surface area contributed by atoms with E-state index in [0.29, 0.717) is 12.8 Å². The van der Waals surface area contributed by atoms with E-state index in [1.54, 1.807) is 13.4 Å². The fraction of sp³-hybridized carbons (Fsp3) is 0.471. The number of nitrogens with zero attached hydrogens (tertiary/aromatic N) is 2. The molecule has 1 aromatic carbocycles. The minimum absolute atomic E-state index is 0.0269. The number of rotatable bonds is 6. The minimum Gasteiger partial charge on any atom is -0.359 e. The molecule has 1 atom stereocenters. The molecule has 0 saturated carbocycles. The molecule has 0 aliphatic rings. The summed E-state index contributed by atoms with van der Waals surface area (Å²) in [5.41, 5.74) is 1.35. The molecule has 6 nitrogen and oxygen atoms in total. The number of para-hydroxylation sites is 2. The zero-order chi connectivity index (χ0) is 17.0. The topological polar surface area (TPSA) is 76.0 Å². The molecule has 2 aromatic rings. The Balaban J connectivity index is 2.06. The molecule has 0 bridgehead atoms. The van der Waals surface area contributed by atoms with Crippen molar-refractivity contribution >= 4 is 22.8 Å². The molecule has 0 saturated heterocycles. The Morgan fingerprint density at radius 1 is 1.30 bits per heavy atom. The third kappa shape index (κ3) is 4.09. The second-order valence-electron chi connectivity index (χ2n) is 6.36. The summed E-state index contributed by atoms with van der Waals surface area (Å²) < 4.78 is 1.86. The first-order chi connectivity index (χ1) is 10.8. The highest BCUT2D eigenvalue weighted by Gasteiger charge is 2.25. The molecule has 0 radical (unpaired) electrons. The molecule has 1 unspecified atom stereocenters. The zero-order valence-corrected chi connectivity index (χ0v) is 14.1. The highest BCUT2D eigenvalue weighted by Crippen LogP contribution is 2.19. The van der Waals surface area contributed by atoms with Crippen LogP contribution in [0.3, 0.4) is 0 Å². The molecule has 0 spiro atoms. The van der Waals surface area contributed by atoms with E-state index in [-0.39, 0.29) is 17.9 Å². The highest BCUT2D eigenvalue weighted by molar-refractivity contribution is 5.84. The van der Waals surface area contributed by atoms with Crippen LogP contribution >= 0.6 is 0 Å². The van der Waals surface area contributed by atoms with E-state index in [1.165, 1.54) is 0 Å². The molecule has 2 amide bonds. The van der Waals surface area contributed by atoms with E-state index >= 15 is 0 Å². The smallest absolute Gasteiger partial charge is 0.243 e. The van der Waals surface area contributed by atoms with Gasteiger partial charge in [-0.2, -0.15) is 0 Å². The summed E-state index contributed by atoms with van der Waals surface area (Å²) in [4.78, 5) is 28.2. The first-order valence-electron chi connectivity index (χ1n) is 7.78. The first-order valence-corrected chi connectivity index (χ1v) is 7.78. The first kappa shape index (κ1) is 17.0. The van der Waals surface area contributed by atoms with Crippen molar-refractivity contribution in [1.29, 1.82) is 0 Å². The van der Waals surface area contributed by atoms with Gasteiger partial charge < -0.3 is 15.2 Å². The lowest BCUT2D eigenvalue weighted by Gasteiger charge is -2.28. The van der Waals surface area contributed by atoms with Crippen LogP contribution in [0, 0.1) is 0 Å². The number of imidazole rings is 1. The molecule has 23 heavy (non-hydrogen) atoms. The quantitative estimate of drug-likeness (QED) is 0.856. The molecule has 1 aromatic heterocycles. The van der Waals surface area contributed by atoms with Crippen LogP contribution in [0.15, 0.2) is 30.6 Å². The van der Waals surface area contributed by atoms with Crippen LogP contribution in [0.5, 0.6) is 0 Å². The van der Waals surface area contributed by atoms with Gasteiger partial charge in [0.1, 0.15) is 6.04 Å². The van der Waals surface area contributed by atoms with Gasteiger partial charge in [0.05, 0.1) is 17.4 Å². The summed E-state index contributed by atoms with van der Waals surface area (Å²) >= 11 is 0. The third-order valence-electron chi connectivity index (χ3n) is 4.00. The van der Waals surface area contributed by atoms with Gasteiger partial charge in [-0.15, -0.1) is 0 Å². The Bertz CT molecular complexity index is 705. The number of hydrogen-bond donors (Lipinski definition) is 2. The predicted octanol–water partition coefficient (Wildman–Crippen LogP) is 2.02. The Hall–Kier alpha value is -2.37. The lowest BCUT2D eigenvalue weighted by molar-refractivity contribution is -0.126. The summed E-state index contributed by atoms with van der Waals surface area (Å²) in [7, 11) is 1.61. The average molecular weight is 316 g/mol. The van der Waals surface area contributed by atoms with Crippen LogP contribution in [-0.4, -0.2) is 34.0 Å². The normalized spacial score (nSPS) is 12.9. The highest BCUT2D eigenvalue weighted by atomic mass is 16.2. The number of amides is 2. The maximum atomic E-state index is 12.6. The summed E-state index contributed by atoms with van der Waals surface area (Å²) in [5.74, 6) is -0.115. The lowest BCUT2D eigenvalue weighted by atomic mass is 9.97. The van der Waals surface area contributed by atoms with Gasteiger partial charge in [0.15, 0.2) is 0 Å². The molecule has 6 heteroatoms. The second kappa shape index (κ2) is 6.81. The molecular formula is C17H24N4O2. The number of carbonyl (C=O) groups is 2. The number of fused-ring (bicyclic) bond motifs is 1. The van der Waals surface area contributed by atoms with E-state index < -0.39 is 5.54 Å². The van der Waals surface area contributed by atoms with Gasteiger partial charge in [0.25, 0.3) is 0 Å². The third-order valence-corrected chi connectivity index (χ3v) is 4.00. The van der Waals surface area contributed by atoms with Gasteiger partial charge in [-0.1, -0.05) is 12.1 Å². The molecule has 2 rings (SSSR count). The largest absolute Gasteiger partial charge is 0.359 e. The molecule has 0 aliphatic heterocycles.